The SMILES string of the molecule is Cc1ccccc1N(S)Cc1cc(C(C)(C)C)cc(C(C)(C)C)c1O. The summed E-state index contributed by atoms with van der Waals surface area (Å²) in [5.74, 6) is 0.383. The highest BCUT2D eigenvalue weighted by Gasteiger charge is 2.25. The van der Waals surface area contributed by atoms with Gasteiger partial charge < -0.3 is 9.41 Å². The molecule has 0 saturated heterocycles. The summed E-state index contributed by atoms with van der Waals surface area (Å²) in [6.07, 6.45) is 0. The standard InChI is InChI=1S/C22H31NOS/c1-15-10-8-9-11-19(15)23(25)14-16-12-17(21(2,3)4)13-18(20(16)24)22(5,6)7/h8-13,24-25H,14H2,1-7H3. The van der Waals surface area contributed by atoms with Crippen LogP contribution in [-0.4, -0.2) is 5.11 Å². The van der Waals surface area contributed by atoms with Crippen molar-refractivity contribution in [3.63, 3.8) is 0 Å². The van der Waals surface area contributed by atoms with E-state index in [9.17, 15) is 5.11 Å². The molecule has 0 atom stereocenters. The Kier molecular flexibility index (Phi) is 5.48. The second-order valence-electron chi connectivity index (χ2n) is 8.88. The fraction of sp³-hybridized carbons (Fsp3) is 0.455. The highest BCUT2D eigenvalue weighted by atomic mass is 32.1. The van der Waals surface area contributed by atoms with Gasteiger partial charge in [-0.15, -0.1) is 0 Å². The molecule has 0 radical (unpaired) electrons. The fourth-order valence-corrected chi connectivity index (χ4v) is 3.30. The number of aryl methyl sites for hydroxylation is 1. The van der Waals surface area contributed by atoms with Crippen LogP contribution in [0, 0.1) is 6.92 Å². The molecule has 0 aromatic heterocycles. The minimum absolute atomic E-state index is 0.0204. The average Bonchev–Trinajstić information content (AvgIpc) is 2.47. The van der Waals surface area contributed by atoms with Crippen molar-refractivity contribution in [1.82, 2.24) is 0 Å². The van der Waals surface area contributed by atoms with Gasteiger partial charge in [-0.2, -0.15) is 0 Å². The third-order valence-electron chi connectivity index (χ3n) is 4.58. The summed E-state index contributed by atoms with van der Waals surface area (Å²) in [6, 6.07) is 12.4. The molecule has 3 heteroatoms. The molecule has 0 aliphatic carbocycles. The Morgan fingerprint density at radius 3 is 2.08 bits per heavy atom. The predicted molar refractivity (Wildman–Crippen MR) is 112 cm³/mol. The highest BCUT2D eigenvalue weighted by molar-refractivity contribution is 7.81. The van der Waals surface area contributed by atoms with E-state index < -0.39 is 0 Å². The van der Waals surface area contributed by atoms with Crippen LogP contribution in [0.4, 0.5) is 5.69 Å². The summed E-state index contributed by atoms with van der Waals surface area (Å²) in [5.41, 5.74) is 5.26. The summed E-state index contributed by atoms with van der Waals surface area (Å²) >= 11 is 4.68. The lowest BCUT2D eigenvalue weighted by Crippen LogP contribution is -2.19. The fourth-order valence-electron chi connectivity index (χ4n) is 2.92. The Morgan fingerprint density at radius 1 is 0.960 bits per heavy atom. The lowest BCUT2D eigenvalue weighted by Gasteiger charge is -2.29. The number of benzene rings is 2. The number of hydrogen-bond acceptors (Lipinski definition) is 3. The van der Waals surface area contributed by atoms with Crippen molar-refractivity contribution in [3.8, 4) is 5.75 Å². The molecule has 0 aliphatic heterocycles. The quantitative estimate of drug-likeness (QED) is 0.644. The number of aromatic hydroxyl groups is 1. The topological polar surface area (TPSA) is 23.5 Å². The molecule has 0 heterocycles. The number of phenolic OH excluding ortho intramolecular Hbond substituents is 1. The zero-order valence-electron chi connectivity index (χ0n) is 16.5. The Bertz CT molecular complexity index is 754. The number of nitrogens with zero attached hydrogens (tertiary/aromatic N) is 1. The maximum atomic E-state index is 10.9. The number of hydrogen-bond donors (Lipinski definition) is 2. The Labute approximate surface area is 158 Å². The van der Waals surface area contributed by atoms with Gasteiger partial charge in [0.2, 0.25) is 0 Å². The molecule has 0 saturated carbocycles. The monoisotopic (exact) mass is 357 g/mol. The van der Waals surface area contributed by atoms with E-state index in [0.717, 1.165) is 16.8 Å². The van der Waals surface area contributed by atoms with Crippen molar-refractivity contribution in [3.05, 3.63) is 58.7 Å². The van der Waals surface area contributed by atoms with Crippen molar-refractivity contribution >= 4 is 18.5 Å². The van der Waals surface area contributed by atoms with E-state index in [2.05, 4.69) is 85.5 Å². The van der Waals surface area contributed by atoms with Crippen LogP contribution in [0.3, 0.4) is 0 Å². The largest absolute Gasteiger partial charge is 0.507 e. The van der Waals surface area contributed by atoms with E-state index in [1.165, 1.54) is 11.1 Å². The molecule has 0 spiro atoms. The van der Waals surface area contributed by atoms with E-state index >= 15 is 0 Å². The van der Waals surface area contributed by atoms with Crippen LogP contribution < -0.4 is 4.31 Å². The maximum Gasteiger partial charge on any atom is 0.124 e. The molecule has 0 bridgehead atoms. The van der Waals surface area contributed by atoms with Crippen LogP contribution in [0.15, 0.2) is 36.4 Å². The summed E-state index contributed by atoms with van der Waals surface area (Å²) in [4.78, 5) is 0. The van der Waals surface area contributed by atoms with Gasteiger partial charge in [0.05, 0.1) is 12.2 Å². The summed E-state index contributed by atoms with van der Waals surface area (Å²) in [6.45, 7) is 15.6. The number of rotatable bonds is 3. The van der Waals surface area contributed by atoms with Crippen molar-refractivity contribution < 1.29 is 5.11 Å². The normalized spacial score (nSPS) is 12.3. The summed E-state index contributed by atoms with van der Waals surface area (Å²) in [7, 11) is 0. The van der Waals surface area contributed by atoms with Gasteiger partial charge in [0.15, 0.2) is 0 Å². The van der Waals surface area contributed by atoms with Crippen LogP contribution in [0.25, 0.3) is 0 Å². The second kappa shape index (κ2) is 6.95. The maximum absolute atomic E-state index is 10.9. The van der Waals surface area contributed by atoms with Crippen LogP contribution in [0.2, 0.25) is 0 Å². The minimum atomic E-state index is -0.121. The molecule has 2 aromatic carbocycles. The molecule has 2 nitrogen and oxygen atoms in total. The summed E-state index contributed by atoms with van der Waals surface area (Å²) in [5, 5.41) is 10.9. The smallest absolute Gasteiger partial charge is 0.124 e. The first-order valence-electron chi connectivity index (χ1n) is 8.80. The zero-order valence-corrected chi connectivity index (χ0v) is 17.4. The molecule has 2 aromatic rings. The van der Waals surface area contributed by atoms with E-state index in [4.69, 9.17) is 0 Å². The van der Waals surface area contributed by atoms with Gasteiger partial charge in [-0.1, -0.05) is 78.6 Å². The first-order chi connectivity index (χ1) is 11.4. The van der Waals surface area contributed by atoms with Crippen LogP contribution in [-0.2, 0) is 17.4 Å². The molecule has 0 amide bonds. The van der Waals surface area contributed by atoms with Gasteiger partial charge in [-0.25, -0.2) is 0 Å². The summed E-state index contributed by atoms with van der Waals surface area (Å²) < 4.78 is 1.91. The first-order valence-corrected chi connectivity index (χ1v) is 9.20. The average molecular weight is 358 g/mol. The Balaban J connectivity index is 2.51. The lowest BCUT2D eigenvalue weighted by molar-refractivity contribution is 0.438. The van der Waals surface area contributed by atoms with Gasteiger partial charge in [0, 0.05) is 5.56 Å². The predicted octanol–water partition coefficient (Wildman–Crippen LogP) is 6.15. The molecule has 0 unspecified atom stereocenters. The lowest BCUT2D eigenvalue weighted by atomic mass is 9.79. The minimum Gasteiger partial charge on any atom is -0.507 e. The Morgan fingerprint density at radius 2 is 1.56 bits per heavy atom. The van der Waals surface area contributed by atoms with Crippen molar-refractivity contribution in [2.75, 3.05) is 4.31 Å². The molecule has 0 fully saturated rings. The van der Waals surface area contributed by atoms with E-state index in [1.807, 2.05) is 16.4 Å². The van der Waals surface area contributed by atoms with Crippen LogP contribution in [0.1, 0.15) is 63.8 Å². The van der Waals surface area contributed by atoms with E-state index in [0.29, 0.717) is 12.3 Å². The molecule has 0 aliphatic rings. The molecular weight excluding hydrogens is 326 g/mol. The number of anilines is 1. The number of para-hydroxylation sites is 1. The van der Waals surface area contributed by atoms with E-state index in [1.54, 1.807) is 0 Å². The third kappa shape index (κ3) is 4.52. The van der Waals surface area contributed by atoms with Gasteiger partial charge in [-0.3, -0.25) is 0 Å². The van der Waals surface area contributed by atoms with Gasteiger partial charge >= 0.3 is 0 Å². The number of phenols is 1. The first kappa shape index (κ1) is 19.7. The van der Waals surface area contributed by atoms with Gasteiger partial charge in [0.25, 0.3) is 0 Å². The van der Waals surface area contributed by atoms with Crippen molar-refractivity contribution in [2.24, 2.45) is 0 Å². The molecule has 25 heavy (non-hydrogen) atoms. The van der Waals surface area contributed by atoms with Gasteiger partial charge in [0.1, 0.15) is 5.75 Å². The van der Waals surface area contributed by atoms with Crippen molar-refractivity contribution in [2.45, 2.75) is 65.8 Å². The molecular formula is C22H31NOS. The molecule has 1 N–H and O–H groups in total. The molecule has 2 rings (SSSR count). The Hall–Kier alpha value is -1.61. The number of thiol groups is 1. The van der Waals surface area contributed by atoms with Gasteiger partial charge in [-0.05, 0) is 46.6 Å². The highest BCUT2D eigenvalue weighted by Crippen LogP contribution is 2.38. The zero-order chi connectivity index (χ0) is 19.0. The van der Waals surface area contributed by atoms with E-state index in [-0.39, 0.29) is 10.8 Å². The molecule has 136 valence electrons. The second-order valence-corrected chi connectivity index (χ2v) is 9.36. The van der Waals surface area contributed by atoms with Crippen LogP contribution >= 0.6 is 12.8 Å². The van der Waals surface area contributed by atoms with Crippen molar-refractivity contribution in [1.29, 1.82) is 0 Å². The van der Waals surface area contributed by atoms with Crippen LogP contribution in [0.5, 0.6) is 5.75 Å². The third-order valence-corrected chi connectivity index (χ3v) is 4.93.